The molecule has 2 amide bonds. The molecule has 0 saturated heterocycles. The lowest BCUT2D eigenvalue weighted by atomic mass is 9.90. The second kappa shape index (κ2) is 8.84. The molecule has 2 saturated carbocycles. The Morgan fingerprint density at radius 3 is 2.46 bits per heavy atom. The van der Waals surface area contributed by atoms with E-state index < -0.39 is 0 Å². The van der Waals surface area contributed by atoms with Crippen LogP contribution in [0.25, 0.3) is 0 Å². The second-order valence-electron chi connectivity index (χ2n) is 8.23. The van der Waals surface area contributed by atoms with E-state index in [1.807, 2.05) is 18.2 Å². The predicted octanol–water partition coefficient (Wildman–Crippen LogP) is 2.91. The monoisotopic (exact) mass is 386 g/mol. The summed E-state index contributed by atoms with van der Waals surface area (Å²) in [5.41, 5.74) is 1.12. The lowest BCUT2D eigenvalue weighted by Gasteiger charge is -2.23. The van der Waals surface area contributed by atoms with Crippen molar-refractivity contribution < 1.29 is 19.1 Å². The van der Waals surface area contributed by atoms with Gasteiger partial charge in [0, 0.05) is 12.5 Å². The molecule has 6 nitrogen and oxygen atoms in total. The van der Waals surface area contributed by atoms with Crippen LogP contribution in [0.4, 0.5) is 0 Å². The van der Waals surface area contributed by atoms with Crippen LogP contribution in [-0.4, -0.2) is 37.6 Å². The first-order chi connectivity index (χ1) is 13.7. The van der Waals surface area contributed by atoms with Gasteiger partial charge in [-0.2, -0.15) is 0 Å². The molecule has 0 bridgehead atoms. The number of fused-ring (bicyclic) bond motifs is 1. The Labute approximate surface area is 166 Å². The molecule has 6 heteroatoms. The number of nitrogens with one attached hydrogen (secondary N) is 2. The molecular weight excluding hydrogens is 356 g/mol. The van der Waals surface area contributed by atoms with Crippen molar-refractivity contribution in [3.05, 3.63) is 23.8 Å². The van der Waals surface area contributed by atoms with Crippen molar-refractivity contribution in [2.24, 2.45) is 5.92 Å². The zero-order chi connectivity index (χ0) is 19.3. The number of ether oxygens (including phenoxy) is 2. The highest BCUT2D eigenvalue weighted by Crippen LogP contribution is 2.46. The first-order valence-corrected chi connectivity index (χ1v) is 10.6. The molecule has 2 aliphatic carbocycles. The van der Waals surface area contributed by atoms with Crippen LogP contribution in [-0.2, 0) is 9.59 Å². The summed E-state index contributed by atoms with van der Waals surface area (Å²) in [5.74, 6) is 2.09. The molecule has 0 radical (unpaired) electrons. The summed E-state index contributed by atoms with van der Waals surface area (Å²) in [4.78, 5) is 24.6. The van der Waals surface area contributed by atoms with Gasteiger partial charge in [0.15, 0.2) is 11.5 Å². The van der Waals surface area contributed by atoms with Crippen LogP contribution >= 0.6 is 0 Å². The molecule has 1 aromatic carbocycles. The average Bonchev–Trinajstić information content (AvgIpc) is 3.56. The fourth-order valence-electron chi connectivity index (χ4n) is 4.32. The Kier molecular flexibility index (Phi) is 6.03. The van der Waals surface area contributed by atoms with Gasteiger partial charge in [-0.3, -0.25) is 9.59 Å². The minimum absolute atomic E-state index is 0.0634. The summed E-state index contributed by atoms with van der Waals surface area (Å²) in [6, 6.07) is 6.27. The minimum Gasteiger partial charge on any atom is -0.486 e. The summed E-state index contributed by atoms with van der Waals surface area (Å²) in [7, 11) is 0. The Bertz CT molecular complexity index is 710. The van der Waals surface area contributed by atoms with E-state index in [2.05, 4.69) is 10.6 Å². The summed E-state index contributed by atoms with van der Waals surface area (Å²) < 4.78 is 11.3. The van der Waals surface area contributed by atoms with Crippen LogP contribution < -0.4 is 20.1 Å². The van der Waals surface area contributed by atoms with Gasteiger partial charge in [-0.25, -0.2) is 0 Å². The van der Waals surface area contributed by atoms with Crippen molar-refractivity contribution in [3.63, 3.8) is 0 Å². The van der Waals surface area contributed by atoms with Crippen LogP contribution in [0.1, 0.15) is 62.8 Å². The van der Waals surface area contributed by atoms with Crippen molar-refractivity contribution in [1.29, 1.82) is 0 Å². The number of rotatable bonds is 7. The summed E-state index contributed by atoms with van der Waals surface area (Å²) in [6.45, 7) is 1.19. The van der Waals surface area contributed by atoms with Crippen LogP contribution in [0.2, 0.25) is 0 Å². The van der Waals surface area contributed by atoms with Crippen LogP contribution in [0.15, 0.2) is 18.2 Å². The van der Waals surface area contributed by atoms with Gasteiger partial charge in [-0.15, -0.1) is 0 Å². The van der Waals surface area contributed by atoms with Gasteiger partial charge < -0.3 is 20.1 Å². The molecule has 1 aliphatic heterocycles. The number of benzene rings is 1. The Morgan fingerprint density at radius 2 is 1.71 bits per heavy atom. The molecule has 2 fully saturated rings. The minimum atomic E-state index is -0.0810. The van der Waals surface area contributed by atoms with E-state index >= 15 is 0 Å². The molecule has 1 unspecified atom stereocenters. The normalized spacial score (nSPS) is 20.3. The summed E-state index contributed by atoms with van der Waals surface area (Å²) >= 11 is 0. The summed E-state index contributed by atoms with van der Waals surface area (Å²) in [5, 5.41) is 5.85. The Hall–Kier alpha value is -2.24. The fraction of sp³-hybridized carbons (Fsp3) is 0.636. The average molecular weight is 386 g/mol. The molecule has 4 rings (SSSR count). The number of hydrogen-bond donors (Lipinski definition) is 2. The molecular formula is C22H30N2O4. The maximum atomic E-state index is 12.5. The highest BCUT2D eigenvalue weighted by molar-refractivity contribution is 5.85. The Morgan fingerprint density at radius 1 is 0.964 bits per heavy atom. The van der Waals surface area contributed by atoms with E-state index in [1.165, 1.54) is 19.3 Å². The first kappa shape index (κ1) is 19.1. The second-order valence-corrected chi connectivity index (χ2v) is 8.23. The van der Waals surface area contributed by atoms with Crippen molar-refractivity contribution in [1.82, 2.24) is 10.6 Å². The fourth-order valence-corrected chi connectivity index (χ4v) is 4.32. The largest absolute Gasteiger partial charge is 0.486 e. The third kappa shape index (κ3) is 4.97. The number of carbonyl (C=O) groups excluding carboxylic acids is 2. The lowest BCUT2D eigenvalue weighted by Crippen LogP contribution is -2.42. The van der Waals surface area contributed by atoms with Gasteiger partial charge in [-0.1, -0.05) is 25.3 Å². The predicted molar refractivity (Wildman–Crippen MR) is 106 cm³/mol. The molecule has 1 atom stereocenters. The van der Waals surface area contributed by atoms with Gasteiger partial charge in [0.05, 0.1) is 6.54 Å². The number of amides is 2. The van der Waals surface area contributed by atoms with Crippen molar-refractivity contribution in [2.45, 2.75) is 63.3 Å². The van der Waals surface area contributed by atoms with Gasteiger partial charge >= 0.3 is 0 Å². The number of hydrogen-bond acceptors (Lipinski definition) is 4. The van der Waals surface area contributed by atoms with Gasteiger partial charge in [-0.05, 0) is 55.2 Å². The van der Waals surface area contributed by atoms with E-state index in [0.29, 0.717) is 25.6 Å². The molecule has 1 aromatic rings. The van der Waals surface area contributed by atoms with E-state index in [1.54, 1.807) is 0 Å². The molecule has 3 aliphatic rings. The summed E-state index contributed by atoms with van der Waals surface area (Å²) in [6.07, 6.45) is 8.41. The lowest BCUT2D eigenvalue weighted by molar-refractivity contribution is -0.126. The molecule has 152 valence electrons. The third-order valence-electron chi connectivity index (χ3n) is 6.01. The van der Waals surface area contributed by atoms with Crippen LogP contribution in [0, 0.1) is 5.92 Å². The topological polar surface area (TPSA) is 76.7 Å². The molecule has 1 heterocycles. The highest BCUT2D eigenvalue weighted by atomic mass is 16.6. The molecule has 0 aromatic heterocycles. The highest BCUT2D eigenvalue weighted by Gasteiger charge is 2.34. The number of carbonyl (C=O) groups is 2. The maximum absolute atomic E-state index is 12.5. The van der Waals surface area contributed by atoms with Crippen molar-refractivity contribution >= 4 is 11.8 Å². The van der Waals surface area contributed by atoms with E-state index in [4.69, 9.17) is 9.47 Å². The van der Waals surface area contributed by atoms with Gasteiger partial charge in [0.1, 0.15) is 13.2 Å². The van der Waals surface area contributed by atoms with E-state index in [0.717, 1.165) is 42.7 Å². The van der Waals surface area contributed by atoms with Gasteiger partial charge in [0.25, 0.3) is 0 Å². The van der Waals surface area contributed by atoms with Gasteiger partial charge in [0.2, 0.25) is 11.8 Å². The smallest absolute Gasteiger partial charge is 0.239 e. The SMILES string of the molecule is O=C(CC(c1ccc2c(c1)OCCO2)C1CC1)NCC(=O)NC1CCCCC1. The van der Waals surface area contributed by atoms with Crippen molar-refractivity contribution in [2.75, 3.05) is 19.8 Å². The molecule has 2 N–H and O–H groups in total. The third-order valence-corrected chi connectivity index (χ3v) is 6.01. The van der Waals surface area contributed by atoms with Crippen molar-refractivity contribution in [3.8, 4) is 11.5 Å². The van der Waals surface area contributed by atoms with Crippen LogP contribution in [0.3, 0.4) is 0 Å². The maximum Gasteiger partial charge on any atom is 0.239 e. The van der Waals surface area contributed by atoms with E-state index in [-0.39, 0.29) is 30.3 Å². The van der Waals surface area contributed by atoms with E-state index in [9.17, 15) is 9.59 Å². The zero-order valence-electron chi connectivity index (χ0n) is 16.4. The first-order valence-electron chi connectivity index (χ1n) is 10.6. The van der Waals surface area contributed by atoms with Crippen LogP contribution in [0.5, 0.6) is 11.5 Å². The quantitative estimate of drug-likeness (QED) is 0.755. The standard InChI is InChI=1S/C22H30N2O4/c25-21(23-14-22(26)24-17-4-2-1-3-5-17)13-18(15-6-7-15)16-8-9-19-20(12-16)28-11-10-27-19/h8-9,12,15,17-18H,1-7,10-11,13-14H2,(H,23,25)(H,24,26). The molecule has 0 spiro atoms. The zero-order valence-corrected chi connectivity index (χ0v) is 16.4. The Balaban J connectivity index is 1.29. The molecule has 28 heavy (non-hydrogen) atoms.